The highest BCUT2D eigenvalue weighted by Gasteiger charge is 2.09. The zero-order chi connectivity index (χ0) is 9.14. The van der Waals surface area contributed by atoms with Gasteiger partial charge < -0.3 is 16.6 Å². The zero-order valence-electron chi connectivity index (χ0n) is 6.37. The first-order chi connectivity index (χ1) is 5.61. The average molecular weight is 170 g/mol. The fraction of sp³-hybridized carbons (Fsp3) is 0.333. The van der Waals surface area contributed by atoms with Crippen LogP contribution in [0.25, 0.3) is 0 Å². The van der Waals surface area contributed by atoms with Gasteiger partial charge in [0.2, 0.25) is 0 Å². The van der Waals surface area contributed by atoms with Crippen LogP contribution in [0.1, 0.15) is 12.0 Å². The first-order valence-electron chi connectivity index (χ1n) is 3.41. The fourth-order valence-electron chi connectivity index (χ4n) is 0.888. The minimum Gasteiger partial charge on any atom is -0.481 e. The molecule has 0 fully saturated rings. The molecule has 12 heavy (non-hydrogen) atoms. The monoisotopic (exact) mass is 170 g/mol. The van der Waals surface area contributed by atoms with Crippen molar-refractivity contribution in [2.75, 3.05) is 11.5 Å². The van der Waals surface area contributed by atoms with Gasteiger partial charge in [0.1, 0.15) is 5.82 Å². The third-order valence-corrected chi connectivity index (χ3v) is 1.52. The number of aromatic nitrogens is 2. The number of nitrogens with two attached hydrogens (primary N) is 2. The van der Waals surface area contributed by atoms with Crippen LogP contribution in [0, 0.1) is 0 Å². The van der Waals surface area contributed by atoms with E-state index in [-0.39, 0.29) is 12.2 Å². The molecule has 0 bridgehead atoms. The normalized spacial score (nSPS) is 10.0. The largest absolute Gasteiger partial charge is 0.481 e. The Kier molecular flexibility index (Phi) is 2.18. The fourth-order valence-corrected chi connectivity index (χ4v) is 0.888. The number of nitrogens with one attached hydrogen (secondary N) is 1. The van der Waals surface area contributed by atoms with E-state index in [1.807, 2.05) is 0 Å². The maximum absolute atomic E-state index is 10.2. The van der Waals surface area contributed by atoms with Gasteiger partial charge in [-0.05, 0) is 6.42 Å². The highest BCUT2D eigenvalue weighted by molar-refractivity contribution is 5.68. The van der Waals surface area contributed by atoms with Crippen LogP contribution in [0.4, 0.5) is 11.6 Å². The molecule has 0 amide bonds. The zero-order valence-corrected chi connectivity index (χ0v) is 6.37. The number of carboxylic acids is 1. The van der Waals surface area contributed by atoms with Crippen molar-refractivity contribution in [3.05, 3.63) is 5.56 Å². The van der Waals surface area contributed by atoms with Gasteiger partial charge in [0.25, 0.3) is 0 Å². The molecule has 66 valence electrons. The summed E-state index contributed by atoms with van der Waals surface area (Å²) in [6.45, 7) is 0. The second-order valence-corrected chi connectivity index (χ2v) is 2.39. The van der Waals surface area contributed by atoms with Crippen molar-refractivity contribution in [3.63, 3.8) is 0 Å². The lowest BCUT2D eigenvalue weighted by Crippen LogP contribution is -2.01. The molecule has 0 saturated carbocycles. The predicted molar refractivity (Wildman–Crippen MR) is 43.4 cm³/mol. The number of hydrogen-bond acceptors (Lipinski definition) is 4. The van der Waals surface area contributed by atoms with E-state index >= 15 is 0 Å². The number of H-pyrrole nitrogens is 1. The highest BCUT2D eigenvalue weighted by Crippen LogP contribution is 2.16. The molecule has 6 heteroatoms. The summed E-state index contributed by atoms with van der Waals surface area (Å²) >= 11 is 0. The molecule has 6 nitrogen and oxygen atoms in total. The number of rotatable bonds is 3. The van der Waals surface area contributed by atoms with Gasteiger partial charge in [-0.15, -0.1) is 0 Å². The molecule has 0 atom stereocenters. The van der Waals surface area contributed by atoms with E-state index in [1.165, 1.54) is 0 Å². The van der Waals surface area contributed by atoms with Crippen LogP contribution in [0.5, 0.6) is 0 Å². The van der Waals surface area contributed by atoms with Crippen molar-refractivity contribution in [1.82, 2.24) is 10.2 Å². The quantitative estimate of drug-likeness (QED) is 0.491. The molecule has 0 aromatic carbocycles. The van der Waals surface area contributed by atoms with Gasteiger partial charge in [-0.25, -0.2) is 0 Å². The molecule has 0 aliphatic carbocycles. The van der Waals surface area contributed by atoms with E-state index in [0.717, 1.165) is 0 Å². The summed E-state index contributed by atoms with van der Waals surface area (Å²) in [7, 11) is 0. The number of carbonyl (C=O) groups is 1. The Labute approximate surface area is 68.6 Å². The predicted octanol–water partition coefficient (Wildman–Crippen LogP) is -0.409. The number of anilines is 2. The van der Waals surface area contributed by atoms with E-state index in [4.69, 9.17) is 16.6 Å². The summed E-state index contributed by atoms with van der Waals surface area (Å²) in [5, 5.41) is 14.5. The van der Waals surface area contributed by atoms with Crippen LogP contribution in [0.2, 0.25) is 0 Å². The summed E-state index contributed by atoms with van der Waals surface area (Å²) in [6.07, 6.45) is 0.317. The molecule has 1 aromatic heterocycles. The van der Waals surface area contributed by atoms with Gasteiger partial charge in [0.05, 0.1) is 0 Å². The molecule has 0 unspecified atom stereocenters. The van der Waals surface area contributed by atoms with Crippen molar-refractivity contribution >= 4 is 17.6 Å². The van der Waals surface area contributed by atoms with Crippen molar-refractivity contribution in [1.29, 1.82) is 0 Å². The van der Waals surface area contributed by atoms with Gasteiger partial charge in [-0.3, -0.25) is 9.89 Å². The summed E-state index contributed by atoms with van der Waals surface area (Å²) in [4.78, 5) is 10.2. The molecule has 0 aliphatic heterocycles. The first kappa shape index (κ1) is 8.38. The van der Waals surface area contributed by atoms with Crippen molar-refractivity contribution in [3.8, 4) is 0 Å². The standard InChI is InChI=1S/C6H10N4O2/c7-5-3(1-2-4(11)12)6(8)10-9-5/h1-2H2,(H,11,12)(H5,7,8,9,10). The maximum atomic E-state index is 10.2. The van der Waals surface area contributed by atoms with E-state index in [9.17, 15) is 4.79 Å². The Morgan fingerprint density at radius 3 is 2.67 bits per heavy atom. The van der Waals surface area contributed by atoms with Gasteiger partial charge in [0.15, 0.2) is 5.82 Å². The molecule has 1 rings (SSSR count). The summed E-state index contributed by atoms with van der Waals surface area (Å²) in [5.74, 6) is -0.266. The maximum Gasteiger partial charge on any atom is 0.303 e. The number of nitrogen functional groups attached to an aromatic ring is 2. The molecule has 0 saturated heterocycles. The minimum atomic E-state index is -0.880. The first-order valence-corrected chi connectivity index (χ1v) is 3.41. The topological polar surface area (TPSA) is 118 Å². The number of aliphatic carboxylic acids is 1. The Bertz CT molecular complexity index is 274. The number of nitrogens with zero attached hydrogens (tertiary/aromatic N) is 1. The van der Waals surface area contributed by atoms with Crippen LogP contribution in [0.15, 0.2) is 0 Å². The number of hydrogen-bond donors (Lipinski definition) is 4. The van der Waals surface area contributed by atoms with Crippen LogP contribution in [0.3, 0.4) is 0 Å². The molecule has 1 heterocycles. The van der Waals surface area contributed by atoms with Crippen LogP contribution in [-0.4, -0.2) is 21.3 Å². The van der Waals surface area contributed by atoms with Crippen LogP contribution in [-0.2, 0) is 11.2 Å². The summed E-state index contributed by atoms with van der Waals surface area (Å²) in [6, 6.07) is 0. The van der Waals surface area contributed by atoms with Crippen molar-refractivity contribution in [2.45, 2.75) is 12.8 Å². The van der Waals surface area contributed by atoms with Crippen molar-refractivity contribution < 1.29 is 9.90 Å². The number of aromatic amines is 1. The van der Waals surface area contributed by atoms with Crippen molar-refractivity contribution in [2.24, 2.45) is 0 Å². The van der Waals surface area contributed by atoms with E-state index in [2.05, 4.69) is 10.2 Å². The summed E-state index contributed by atoms with van der Waals surface area (Å²) < 4.78 is 0. The molecule has 6 N–H and O–H groups in total. The van der Waals surface area contributed by atoms with Gasteiger partial charge in [-0.1, -0.05) is 0 Å². The Balaban J connectivity index is 2.68. The summed E-state index contributed by atoms with van der Waals surface area (Å²) in [5.41, 5.74) is 11.4. The Hall–Kier alpha value is -1.72. The van der Waals surface area contributed by atoms with Gasteiger partial charge in [-0.2, -0.15) is 5.10 Å². The lowest BCUT2D eigenvalue weighted by atomic mass is 10.2. The lowest BCUT2D eigenvalue weighted by Gasteiger charge is -1.96. The highest BCUT2D eigenvalue weighted by atomic mass is 16.4. The molecular weight excluding hydrogens is 160 g/mol. The Morgan fingerprint density at radius 2 is 2.25 bits per heavy atom. The molecule has 0 spiro atoms. The second-order valence-electron chi connectivity index (χ2n) is 2.39. The third-order valence-electron chi connectivity index (χ3n) is 1.52. The molecule has 0 aliphatic rings. The lowest BCUT2D eigenvalue weighted by molar-refractivity contribution is -0.136. The van der Waals surface area contributed by atoms with Gasteiger partial charge >= 0.3 is 5.97 Å². The number of carboxylic acid groups (broad SMARTS) is 1. The van der Waals surface area contributed by atoms with Crippen LogP contribution < -0.4 is 11.5 Å². The van der Waals surface area contributed by atoms with E-state index < -0.39 is 5.97 Å². The average Bonchev–Trinajstić information content (AvgIpc) is 2.28. The molecular formula is C6H10N4O2. The second kappa shape index (κ2) is 3.12. The SMILES string of the molecule is Nc1n[nH]c(N)c1CCC(=O)O. The molecule has 1 aromatic rings. The molecule has 0 radical (unpaired) electrons. The van der Waals surface area contributed by atoms with E-state index in [1.54, 1.807) is 0 Å². The Morgan fingerprint density at radius 1 is 1.58 bits per heavy atom. The third kappa shape index (κ3) is 1.66. The minimum absolute atomic E-state index is 0.00787. The smallest absolute Gasteiger partial charge is 0.303 e. The van der Waals surface area contributed by atoms with Crippen LogP contribution >= 0.6 is 0 Å². The van der Waals surface area contributed by atoms with E-state index in [0.29, 0.717) is 17.8 Å². The van der Waals surface area contributed by atoms with Gasteiger partial charge in [0, 0.05) is 12.0 Å².